The molecule has 0 aromatic heterocycles. The Morgan fingerprint density at radius 1 is 1.22 bits per heavy atom. The van der Waals surface area contributed by atoms with E-state index in [-0.39, 0.29) is 6.04 Å². The lowest BCUT2D eigenvalue weighted by molar-refractivity contribution is -0.118. The van der Waals surface area contributed by atoms with E-state index in [9.17, 15) is 4.79 Å². The molecule has 0 aliphatic rings. The van der Waals surface area contributed by atoms with E-state index in [0.29, 0.717) is 5.69 Å². The van der Waals surface area contributed by atoms with Gasteiger partial charge in [-0.05, 0) is 49.2 Å². The molecule has 0 aliphatic heterocycles. The molecule has 5 nitrogen and oxygen atoms in total. The first-order chi connectivity index (χ1) is 11.0. The molecule has 1 amide bonds. The maximum Gasteiger partial charge on any atom is 0.250 e. The first-order valence-electron chi connectivity index (χ1n) is 7.45. The molecule has 122 valence electrons. The molecule has 0 radical (unpaired) electrons. The van der Waals surface area contributed by atoms with Crippen LogP contribution in [0.1, 0.15) is 24.1 Å². The molecule has 0 spiro atoms. The average molecular weight is 314 g/mol. The fourth-order valence-electron chi connectivity index (χ4n) is 2.39. The Morgan fingerprint density at radius 2 is 1.96 bits per heavy atom. The molecule has 0 saturated carbocycles. The molecule has 2 rings (SSSR count). The molecule has 0 saturated heterocycles. The van der Waals surface area contributed by atoms with Gasteiger partial charge in [-0.2, -0.15) is 0 Å². The van der Waals surface area contributed by atoms with Gasteiger partial charge in [0.15, 0.2) is 0 Å². The minimum Gasteiger partial charge on any atom is -0.496 e. The van der Waals surface area contributed by atoms with E-state index in [1.54, 1.807) is 13.2 Å². The van der Waals surface area contributed by atoms with Crippen LogP contribution in [0.2, 0.25) is 0 Å². The van der Waals surface area contributed by atoms with Gasteiger partial charge in [-0.3, -0.25) is 4.79 Å². The number of hydrogen-bond acceptors (Lipinski definition) is 4. The third-order valence-electron chi connectivity index (χ3n) is 3.59. The van der Waals surface area contributed by atoms with Crippen LogP contribution < -0.4 is 15.4 Å². The summed E-state index contributed by atoms with van der Waals surface area (Å²) in [6, 6.07) is 13.6. The maximum absolute atomic E-state index is 11.2. The number of nitrogens with one attached hydrogen (secondary N) is 2. The molecule has 2 aromatic rings. The minimum absolute atomic E-state index is 0.100. The van der Waals surface area contributed by atoms with Crippen molar-refractivity contribution in [3.8, 4) is 5.75 Å². The number of anilines is 2. The molecule has 0 heterocycles. The highest BCUT2D eigenvalue weighted by Gasteiger charge is 2.08. The van der Waals surface area contributed by atoms with Crippen LogP contribution in [0.15, 0.2) is 42.5 Å². The van der Waals surface area contributed by atoms with Crippen LogP contribution in [-0.4, -0.2) is 24.7 Å². The molecule has 3 N–H and O–H groups in total. The average Bonchev–Trinajstić information content (AvgIpc) is 2.54. The lowest BCUT2D eigenvalue weighted by Crippen LogP contribution is -2.15. The highest BCUT2D eigenvalue weighted by molar-refractivity contribution is 5.91. The number of rotatable bonds is 6. The normalized spacial score (nSPS) is 11.7. The van der Waals surface area contributed by atoms with Gasteiger partial charge in [-0.25, -0.2) is 0 Å². The SMILES string of the molecule is COc1ccc(C(C)Nc2cccc(NC(=O)CO)c2)cc1C. The van der Waals surface area contributed by atoms with Gasteiger partial charge in [-0.1, -0.05) is 18.2 Å². The molecule has 23 heavy (non-hydrogen) atoms. The Bertz CT molecular complexity index is 686. The number of amides is 1. The van der Waals surface area contributed by atoms with Crippen molar-refractivity contribution >= 4 is 17.3 Å². The van der Waals surface area contributed by atoms with Gasteiger partial charge in [-0.15, -0.1) is 0 Å². The molecule has 1 unspecified atom stereocenters. The Hall–Kier alpha value is -2.53. The van der Waals surface area contributed by atoms with Crippen molar-refractivity contribution in [1.82, 2.24) is 0 Å². The van der Waals surface area contributed by atoms with E-state index >= 15 is 0 Å². The largest absolute Gasteiger partial charge is 0.496 e. The Balaban J connectivity index is 2.10. The lowest BCUT2D eigenvalue weighted by atomic mass is 10.0. The van der Waals surface area contributed by atoms with Crippen LogP contribution in [-0.2, 0) is 4.79 Å². The lowest BCUT2D eigenvalue weighted by Gasteiger charge is -2.18. The molecular formula is C18H22N2O3. The van der Waals surface area contributed by atoms with Crippen LogP contribution in [0.4, 0.5) is 11.4 Å². The number of carbonyl (C=O) groups is 1. The summed E-state index contributed by atoms with van der Waals surface area (Å²) < 4.78 is 5.28. The van der Waals surface area contributed by atoms with E-state index < -0.39 is 12.5 Å². The third-order valence-corrected chi connectivity index (χ3v) is 3.59. The summed E-state index contributed by atoms with van der Waals surface area (Å²) in [5.41, 5.74) is 3.77. The fraction of sp³-hybridized carbons (Fsp3) is 0.278. The Labute approximate surface area is 136 Å². The fourth-order valence-corrected chi connectivity index (χ4v) is 2.39. The topological polar surface area (TPSA) is 70.6 Å². The number of hydrogen-bond donors (Lipinski definition) is 3. The van der Waals surface area contributed by atoms with Crippen LogP contribution in [0.3, 0.4) is 0 Å². The summed E-state index contributed by atoms with van der Waals surface area (Å²) in [4.78, 5) is 11.2. The highest BCUT2D eigenvalue weighted by atomic mass is 16.5. The predicted octanol–water partition coefficient (Wildman–Crippen LogP) is 3.11. The van der Waals surface area contributed by atoms with Crippen LogP contribution >= 0.6 is 0 Å². The van der Waals surface area contributed by atoms with Crippen LogP contribution in [0, 0.1) is 6.92 Å². The zero-order valence-electron chi connectivity index (χ0n) is 13.6. The monoisotopic (exact) mass is 314 g/mol. The molecule has 1 atom stereocenters. The van der Waals surface area contributed by atoms with Gasteiger partial charge >= 0.3 is 0 Å². The molecule has 0 fully saturated rings. The van der Waals surface area contributed by atoms with Crippen LogP contribution in [0.5, 0.6) is 5.75 Å². The number of ether oxygens (including phenoxy) is 1. The van der Waals surface area contributed by atoms with E-state index in [1.807, 2.05) is 37.3 Å². The zero-order chi connectivity index (χ0) is 16.8. The smallest absolute Gasteiger partial charge is 0.250 e. The summed E-state index contributed by atoms with van der Waals surface area (Å²) in [5.74, 6) is 0.440. The van der Waals surface area contributed by atoms with E-state index in [4.69, 9.17) is 9.84 Å². The minimum atomic E-state index is -0.529. The summed E-state index contributed by atoms with van der Waals surface area (Å²) in [6.45, 7) is 3.56. The Morgan fingerprint density at radius 3 is 2.61 bits per heavy atom. The first-order valence-corrected chi connectivity index (χ1v) is 7.45. The standard InChI is InChI=1S/C18H22N2O3/c1-12-9-14(7-8-17(12)23-3)13(2)19-15-5-4-6-16(10-15)20-18(22)11-21/h4-10,13,19,21H,11H2,1-3H3,(H,20,22). The second-order valence-electron chi connectivity index (χ2n) is 5.38. The summed E-state index contributed by atoms with van der Waals surface area (Å²) in [5, 5.41) is 14.8. The van der Waals surface area contributed by atoms with E-state index in [2.05, 4.69) is 23.6 Å². The van der Waals surface area contributed by atoms with Gasteiger partial charge in [0.25, 0.3) is 0 Å². The van der Waals surface area contributed by atoms with Gasteiger partial charge in [0.05, 0.1) is 7.11 Å². The molecule has 5 heteroatoms. The van der Waals surface area contributed by atoms with Gasteiger partial charge in [0.2, 0.25) is 5.91 Å². The number of aliphatic hydroxyl groups is 1. The van der Waals surface area contributed by atoms with E-state index in [0.717, 1.165) is 22.6 Å². The molecular weight excluding hydrogens is 292 g/mol. The van der Waals surface area contributed by atoms with E-state index in [1.165, 1.54) is 0 Å². The van der Waals surface area contributed by atoms with Gasteiger partial charge in [0, 0.05) is 17.4 Å². The number of carbonyl (C=O) groups excluding carboxylic acids is 1. The number of benzene rings is 2. The second kappa shape index (κ2) is 7.65. The third kappa shape index (κ3) is 4.47. The molecule has 0 aliphatic carbocycles. The van der Waals surface area contributed by atoms with Crippen molar-refractivity contribution in [3.63, 3.8) is 0 Å². The number of methoxy groups -OCH3 is 1. The van der Waals surface area contributed by atoms with Crippen molar-refractivity contribution in [2.24, 2.45) is 0 Å². The van der Waals surface area contributed by atoms with Gasteiger partial charge in [0.1, 0.15) is 12.4 Å². The summed E-state index contributed by atoms with van der Waals surface area (Å²) in [7, 11) is 1.66. The van der Waals surface area contributed by atoms with Crippen molar-refractivity contribution in [1.29, 1.82) is 0 Å². The summed E-state index contributed by atoms with van der Waals surface area (Å²) >= 11 is 0. The van der Waals surface area contributed by atoms with Crippen molar-refractivity contribution in [3.05, 3.63) is 53.6 Å². The summed E-state index contributed by atoms with van der Waals surface area (Å²) in [6.07, 6.45) is 0. The van der Waals surface area contributed by atoms with Gasteiger partial charge < -0.3 is 20.5 Å². The highest BCUT2D eigenvalue weighted by Crippen LogP contribution is 2.25. The van der Waals surface area contributed by atoms with Crippen LogP contribution in [0.25, 0.3) is 0 Å². The number of aliphatic hydroxyl groups excluding tert-OH is 1. The molecule has 0 bridgehead atoms. The van der Waals surface area contributed by atoms with Crippen molar-refractivity contribution in [2.75, 3.05) is 24.4 Å². The number of aryl methyl sites for hydroxylation is 1. The quantitative estimate of drug-likeness (QED) is 0.766. The molecule has 2 aromatic carbocycles. The van der Waals surface area contributed by atoms with Crippen molar-refractivity contribution < 1.29 is 14.6 Å². The second-order valence-corrected chi connectivity index (χ2v) is 5.38. The maximum atomic E-state index is 11.2. The van der Waals surface area contributed by atoms with Crippen molar-refractivity contribution in [2.45, 2.75) is 19.9 Å². The Kier molecular flexibility index (Phi) is 5.60. The first kappa shape index (κ1) is 16.8. The zero-order valence-corrected chi connectivity index (χ0v) is 13.6. The predicted molar refractivity (Wildman–Crippen MR) is 91.9 cm³/mol.